The molecular formula is C24H32N4O3. The third kappa shape index (κ3) is 3.78. The van der Waals surface area contributed by atoms with E-state index in [1.807, 2.05) is 12.1 Å². The number of carbonyl (C=O) groups is 3. The number of benzene rings is 1. The van der Waals surface area contributed by atoms with Gasteiger partial charge in [0.05, 0.1) is 0 Å². The number of hydrogen-bond acceptors (Lipinski definition) is 5. The Morgan fingerprint density at radius 2 is 1.97 bits per heavy atom. The first-order valence-corrected chi connectivity index (χ1v) is 11.8. The molecule has 1 aliphatic carbocycles. The fourth-order valence-electron chi connectivity index (χ4n) is 6.18. The Kier molecular flexibility index (Phi) is 5.56. The van der Waals surface area contributed by atoms with E-state index >= 15 is 0 Å². The van der Waals surface area contributed by atoms with Crippen molar-refractivity contribution in [1.29, 1.82) is 0 Å². The molecule has 7 nitrogen and oxygen atoms in total. The number of piperidine rings is 2. The van der Waals surface area contributed by atoms with Gasteiger partial charge in [0.1, 0.15) is 6.04 Å². The quantitative estimate of drug-likeness (QED) is 0.642. The second kappa shape index (κ2) is 8.36. The van der Waals surface area contributed by atoms with Gasteiger partial charge in [-0.15, -0.1) is 0 Å². The first-order valence-electron chi connectivity index (χ1n) is 11.8. The highest BCUT2D eigenvalue weighted by atomic mass is 16.2. The van der Waals surface area contributed by atoms with Crippen molar-refractivity contribution in [1.82, 2.24) is 20.9 Å². The molecule has 3 unspecified atom stereocenters. The van der Waals surface area contributed by atoms with Gasteiger partial charge in [-0.05, 0) is 61.3 Å². The molecule has 1 aromatic carbocycles. The monoisotopic (exact) mass is 424 g/mol. The molecule has 3 atom stereocenters. The highest BCUT2D eigenvalue weighted by Crippen LogP contribution is 2.41. The summed E-state index contributed by atoms with van der Waals surface area (Å²) in [5.74, 6) is -0.711. The van der Waals surface area contributed by atoms with Crippen LogP contribution < -0.4 is 16.0 Å². The lowest BCUT2D eigenvalue weighted by atomic mass is 9.66. The van der Waals surface area contributed by atoms with E-state index in [0.717, 1.165) is 30.8 Å². The molecule has 2 saturated heterocycles. The average molecular weight is 425 g/mol. The summed E-state index contributed by atoms with van der Waals surface area (Å²) in [6.45, 7) is 3.40. The van der Waals surface area contributed by atoms with Gasteiger partial charge >= 0.3 is 0 Å². The molecule has 5 rings (SSSR count). The van der Waals surface area contributed by atoms with E-state index in [1.165, 1.54) is 38.5 Å². The number of amides is 3. The molecular weight excluding hydrogens is 392 g/mol. The zero-order chi connectivity index (χ0) is 21.4. The van der Waals surface area contributed by atoms with Crippen molar-refractivity contribution in [3.63, 3.8) is 0 Å². The fraction of sp³-hybridized carbons (Fsp3) is 0.625. The van der Waals surface area contributed by atoms with Gasteiger partial charge in [-0.1, -0.05) is 25.0 Å². The molecule has 0 radical (unpaired) electrons. The maximum atomic E-state index is 13.1. The first kappa shape index (κ1) is 20.6. The van der Waals surface area contributed by atoms with Gasteiger partial charge < -0.3 is 15.5 Å². The normalized spacial score (nSPS) is 31.1. The van der Waals surface area contributed by atoms with Crippen LogP contribution in [0.4, 0.5) is 0 Å². The second-order valence-electron chi connectivity index (χ2n) is 9.67. The molecule has 0 aromatic heterocycles. The fourth-order valence-corrected chi connectivity index (χ4v) is 6.18. The standard InChI is InChI=1S/C24H32N4O3/c29-21-9-8-19(22(30)27-21)28-14-18-16(5-3-6-17(18)23(28)31)13-26-20-7-1-2-10-24(20)11-4-12-25-15-24/h3,5-6,19-20,25-26H,1-2,4,7-15H2,(H,27,29,30). The second-order valence-corrected chi connectivity index (χ2v) is 9.67. The Labute approximate surface area is 183 Å². The van der Waals surface area contributed by atoms with E-state index in [1.54, 1.807) is 4.90 Å². The predicted octanol–water partition coefficient (Wildman–Crippen LogP) is 1.85. The van der Waals surface area contributed by atoms with Gasteiger partial charge in [0, 0.05) is 37.7 Å². The molecule has 0 bridgehead atoms. The number of nitrogens with zero attached hydrogens (tertiary/aromatic N) is 1. The third-order valence-electron chi connectivity index (χ3n) is 7.88. The molecule has 3 fully saturated rings. The number of hydrogen-bond donors (Lipinski definition) is 3. The smallest absolute Gasteiger partial charge is 0.255 e. The summed E-state index contributed by atoms with van der Waals surface area (Å²) in [7, 11) is 0. The van der Waals surface area contributed by atoms with E-state index in [-0.39, 0.29) is 24.1 Å². The lowest BCUT2D eigenvalue weighted by Crippen LogP contribution is -2.54. The molecule has 31 heavy (non-hydrogen) atoms. The minimum absolute atomic E-state index is 0.100. The SMILES string of the molecule is O=C1CCC(N2Cc3c(CNC4CCCCC45CCCNC5)cccc3C2=O)C(=O)N1. The molecule has 3 heterocycles. The van der Waals surface area contributed by atoms with Crippen LogP contribution in [0.25, 0.3) is 0 Å². The lowest BCUT2D eigenvalue weighted by molar-refractivity contribution is -0.136. The summed E-state index contributed by atoms with van der Waals surface area (Å²) in [4.78, 5) is 38.5. The van der Waals surface area contributed by atoms with Gasteiger partial charge in [-0.3, -0.25) is 19.7 Å². The van der Waals surface area contributed by atoms with Gasteiger partial charge in [-0.2, -0.15) is 0 Å². The number of carbonyl (C=O) groups excluding carboxylic acids is 3. The van der Waals surface area contributed by atoms with Crippen molar-refractivity contribution in [2.45, 2.75) is 76.5 Å². The van der Waals surface area contributed by atoms with Crippen LogP contribution in [0, 0.1) is 5.41 Å². The van der Waals surface area contributed by atoms with E-state index < -0.39 is 6.04 Å². The number of rotatable bonds is 4. The van der Waals surface area contributed by atoms with Crippen molar-refractivity contribution >= 4 is 17.7 Å². The van der Waals surface area contributed by atoms with Crippen LogP contribution in [0.15, 0.2) is 18.2 Å². The Morgan fingerprint density at radius 1 is 1.10 bits per heavy atom. The zero-order valence-electron chi connectivity index (χ0n) is 18.0. The maximum Gasteiger partial charge on any atom is 0.255 e. The third-order valence-corrected chi connectivity index (χ3v) is 7.88. The molecule has 3 amide bonds. The van der Waals surface area contributed by atoms with Crippen LogP contribution in [0.2, 0.25) is 0 Å². The number of fused-ring (bicyclic) bond motifs is 1. The van der Waals surface area contributed by atoms with Crippen LogP contribution in [-0.2, 0) is 22.7 Å². The molecule has 4 aliphatic rings. The lowest BCUT2D eigenvalue weighted by Gasteiger charge is -2.47. The van der Waals surface area contributed by atoms with Crippen LogP contribution in [0.1, 0.15) is 72.9 Å². The minimum Gasteiger partial charge on any atom is -0.322 e. The minimum atomic E-state index is -0.562. The molecule has 7 heteroatoms. The summed E-state index contributed by atoms with van der Waals surface area (Å²) < 4.78 is 0. The van der Waals surface area contributed by atoms with E-state index in [9.17, 15) is 14.4 Å². The largest absolute Gasteiger partial charge is 0.322 e. The van der Waals surface area contributed by atoms with Crippen molar-refractivity contribution in [3.05, 3.63) is 34.9 Å². The van der Waals surface area contributed by atoms with Crippen LogP contribution in [-0.4, -0.2) is 47.8 Å². The number of nitrogens with one attached hydrogen (secondary N) is 3. The van der Waals surface area contributed by atoms with E-state index in [2.05, 4.69) is 22.0 Å². The topological polar surface area (TPSA) is 90.5 Å². The van der Waals surface area contributed by atoms with Crippen molar-refractivity contribution in [2.75, 3.05) is 13.1 Å². The van der Waals surface area contributed by atoms with Crippen molar-refractivity contribution < 1.29 is 14.4 Å². The highest BCUT2D eigenvalue weighted by molar-refractivity contribution is 6.05. The number of imide groups is 1. The Morgan fingerprint density at radius 3 is 2.77 bits per heavy atom. The molecule has 166 valence electrons. The summed E-state index contributed by atoms with van der Waals surface area (Å²) in [6, 6.07) is 5.84. The van der Waals surface area contributed by atoms with Gasteiger partial charge in [0.25, 0.3) is 5.91 Å². The van der Waals surface area contributed by atoms with Gasteiger partial charge in [0.2, 0.25) is 11.8 Å². The first-order chi connectivity index (χ1) is 15.1. The van der Waals surface area contributed by atoms with Crippen molar-refractivity contribution in [2.24, 2.45) is 5.41 Å². The summed E-state index contributed by atoms with van der Waals surface area (Å²) in [6.07, 6.45) is 8.29. The van der Waals surface area contributed by atoms with Gasteiger partial charge in [0.15, 0.2) is 0 Å². The molecule has 1 aromatic rings. The van der Waals surface area contributed by atoms with Crippen molar-refractivity contribution in [3.8, 4) is 0 Å². The highest BCUT2D eigenvalue weighted by Gasteiger charge is 2.42. The predicted molar refractivity (Wildman–Crippen MR) is 116 cm³/mol. The average Bonchev–Trinajstić information content (AvgIpc) is 3.11. The van der Waals surface area contributed by atoms with Crippen LogP contribution in [0.5, 0.6) is 0 Å². The molecule has 3 aliphatic heterocycles. The Balaban J connectivity index is 1.31. The maximum absolute atomic E-state index is 13.1. The Bertz CT molecular complexity index is 885. The van der Waals surface area contributed by atoms with E-state index in [4.69, 9.17) is 0 Å². The molecule has 1 saturated carbocycles. The van der Waals surface area contributed by atoms with Gasteiger partial charge in [-0.25, -0.2) is 0 Å². The Hall–Kier alpha value is -2.25. The molecule has 1 spiro atoms. The molecule has 3 N–H and O–H groups in total. The summed E-state index contributed by atoms with van der Waals surface area (Å²) in [5, 5.41) is 9.85. The van der Waals surface area contributed by atoms with Crippen LogP contribution in [0.3, 0.4) is 0 Å². The van der Waals surface area contributed by atoms with Crippen LogP contribution >= 0.6 is 0 Å². The zero-order valence-corrected chi connectivity index (χ0v) is 18.0. The van der Waals surface area contributed by atoms with E-state index in [0.29, 0.717) is 30.0 Å². The summed E-state index contributed by atoms with van der Waals surface area (Å²) >= 11 is 0. The summed E-state index contributed by atoms with van der Waals surface area (Å²) in [5.41, 5.74) is 3.21.